The molecule has 6 heteroatoms. The van der Waals surface area contributed by atoms with E-state index < -0.39 is 11.7 Å². The number of nitrogens with zero attached hydrogens (tertiary/aromatic N) is 2. The maximum Gasteiger partial charge on any atom is 0.410 e. The first-order valence-electron chi connectivity index (χ1n) is 7.74. The van der Waals surface area contributed by atoms with Gasteiger partial charge in [-0.15, -0.1) is 0 Å². The minimum Gasteiger partial charge on any atom is -0.465 e. The van der Waals surface area contributed by atoms with E-state index in [1.165, 1.54) is 4.90 Å². The van der Waals surface area contributed by atoms with Crippen molar-refractivity contribution in [3.05, 3.63) is 0 Å². The molecule has 2 rings (SSSR count). The molecule has 0 unspecified atom stereocenters. The molecule has 21 heavy (non-hydrogen) atoms. The summed E-state index contributed by atoms with van der Waals surface area (Å²) in [6.07, 6.45) is 2.65. The molecule has 1 saturated heterocycles. The van der Waals surface area contributed by atoms with E-state index in [0.29, 0.717) is 31.6 Å². The molecule has 1 saturated carbocycles. The number of amides is 2. The Morgan fingerprint density at radius 3 is 2.19 bits per heavy atom. The predicted molar refractivity (Wildman–Crippen MR) is 78.3 cm³/mol. The van der Waals surface area contributed by atoms with Crippen LogP contribution in [0.15, 0.2) is 0 Å². The van der Waals surface area contributed by atoms with Crippen LogP contribution in [-0.2, 0) is 4.74 Å². The zero-order valence-electron chi connectivity index (χ0n) is 13.2. The number of carbonyl (C=O) groups is 2. The first-order valence-corrected chi connectivity index (χ1v) is 7.74. The summed E-state index contributed by atoms with van der Waals surface area (Å²) in [6.45, 7) is 7.44. The summed E-state index contributed by atoms with van der Waals surface area (Å²) < 4.78 is 5.48. The molecule has 2 amide bonds. The number of piperidine rings is 1. The van der Waals surface area contributed by atoms with Gasteiger partial charge in [0.05, 0.1) is 0 Å². The zero-order valence-corrected chi connectivity index (χ0v) is 13.2. The minimum atomic E-state index is -0.848. The molecule has 0 atom stereocenters. The van der Waals surface area contributed by atoms with Gasteiger partial charge in [0.15, 0.2) is 0 Å². The quantitative estimate of drug-likeness (QED) is 0.869. The van der Waals surface area contributed by atoms with Gasteiger partial charge in [-0.05, 0) is 52.4 Å². The van der Waals surface area contributed by atoms with E-state index in [1.54, 1.807) is 0 Å². The Labute approximate surface area is 126 Å². The van der Waals surface area contributed by atoms with Crippen LogP contribution in [0.3, 0.4) is 0 Å². The second-order valence-corrected chi connectivity index (χ2v) is 7.08. The molecular weight excluding hydrogens is 272 g/mol. The van der Waals surface area contributed by atoms with E-state index >= 15 is 0 Å². The third kappa shape index (κ3) is 4.79. The van der Waals surface area contributed by atoms with Crippen LogP contribution in [-0.4, -0.2) is 58.4 Å². The Morgan fingerprint density at radius 2 is 1.76 bits per heavy atom. The fraction of sp³-hybridized carbons (Fsp3) is 0.867. The van der Waals surface area contributed by atoms with E-state index in [9.17, 15) is 9.59 Å². The summed E-state index contributed by atoms with van der Waals surface area (Å²) in [5.41, 5.74) is -0.475. The largest absolute Gasteiger partial charge is 0.465 e. The number of hydrogen-bond acceptors (Lipinski definition) is 3. The van der Waals surface area contributed by atoms with Gasteiger partial charge < -0.3 is 19.6 Å². The third-order valence-electron chi connectivity index (χ3n) is 3.96. The van der Waals surface area contributed by atoms with Gasteiger partial charge in [0.1, 0.15) is 5.60 Å². The molecular formula is C15H26N2O4. The fourth-order valence-corrected chi connectivity index (χ4v) is 2.66. The summed E-state index contributed by atoms with van der Waals surface area (Å²) in [7, 11) is 0. The van der Waals surface area contributed by atoms with Crippen molar-refractivity contribution < 1.29 is 19.4 Å². The average Bonchev–Trinajstić information content (AvgIpc) is 3.18. The third-order valence-corrected chi connectivity index (χ3v) is 3.96. The number of likely N-dealkylation sites (tertiary alicyclic amines) is 1. The molecule has 2 aliphatic rings. The van der Waals surface area contributed by atoms with E-state index in [-0.39, 0.29) is 6.09 Å². The molecule has 6 nitrogen and oxygen atoms in total. The van der Waals surface area contributed by atoms with Crippen LogP contribution in [0.4, 0.5) is 9.59 Å². The van der Waals surface area contributed by atoms with Crippen LogP contribution >= 0.6 is 0 Å². The normalized spacial score (nSPS) is 20.2. The summed E-state index contributed by atoms with van der Waals surface area (Å²) in [5.74, 6) is 0.369. The highest BCUT2D eigenvalue weighted by Gasteiger charge is 2.37. The Kier molecular flexibility index (Phi) is 4.64. The Balaban J connectivity index is 1.86. The van der Waals surface area contributed by atoms with Crippen LogP contribution in [0.25, 0.3) is 0 Å². The Morgan fingerprint density at radius 1 is 1.19 bits per heavy atom. The lowest BCUT2D eigenvalue weighted by Crippen LogP contribution is -2.44. The van der Waals surface area contributed by atoms with Gasteiger partial charge in [-0.2, -0.15) is 0 Å². The van der Waals surface area contributed by atoms with Crippen LogP contribution in [0, 0.1) is 5.92 Å². The van der Waals surface area contributed by atoms with Crippen molar-refractivity contribution in [2.75, 3.05) is 19.6 Å². The van der Waals surface area contributed by atoms with Crippen LogP contribution < -0.4 is 0 Å². The first kappa shape index (κ1) is 15.9. The van der Waals surface area contributed by atoms with Crippen molar-refractivity contribution in [3.8, 4) is 0 Å². The summed E-state index contributed by atoms with van der Waals surface area (Å²) >= 11 is 0. The highest BCUT2D eigenvalue weighted by molar-refractivity contribution is 5.69. The van der Waals surface area contributed by atoms with Gasteiger partial charge in [-0.25, -0.2) is 9.59 Å². The highest BCUT2D eigenvalue weighted by Crippen LogP contribution is 2.31. The lowest BCUT2D eigenvalue weighted by Gasteiger charge is -2.34. The number of carboxylic acid groups (broad SMARTS) is 1. The maximum absolute atomic E-state index is 12.3. The molecule has 1 heterocycles. The number of rotatable bonds is 3. The lowest BCUT2D eigenvalue weighted by molar-refractivity contribution is 0.0176. The van der Waals surface area contributed by atoms with Crippen molar-refractivity contribution in [3.63, 3.8) is 0 Å². The molecule has 1 aliphatic carbocycles. The molecule has 1 aliphatic heterocycles. The van der Waals surface area contributed by atoms with Gasteiger partial charge in [0, 0.05) is 25.7 Å². The van der Waals surface area contributed by atoms with Crippen molar-refractivity contribution in [2.45, 2.75) is 58.1 Å². The summed E-state index contributed by atoms with van der Waals surface area (Å²) in [6, 6.07) is 0.317. The monoisotopic (exact) mass is 298 g/mol. The number of carbonyl (C=O) groups excluding carboxylic acids is 1. The van der Waals surface area contributed by atoms with Gasteiger partial charge in [-0.3, -0.25) is 0 Å². The van der Waals surface area contributed by atoms with Crippen molar-refractivity contribution in [2.24, 2.45) is 5.92 Å². The molecule has 0 aromatic carbocycles. The molecule has 1 N–H and O–H groups in total. The molecule has 0 spiro atoms. The Hall–Kier alpha value is -1.46. The van der Waals surface area contributed by atoms with Crippen LogP contribution in [0.2, 0.25) is 0 Å². The second-order valence-electron chi connectivity index (χ2n) is 7.08. The van der Waals surface area contributed by atoms with Crippen molar-refractivity contribution >= 4 is 12.2 Å². The van der Waals surface area contributed by atoms with Gasteiger partial charge in [0.25, 0.3) is 0 Å². The maximum atomic E-state index is 12.3. The summed E-state index contributed by atoms with van der Waals surface area (Å²) in [5, 5.41) is 8.96. The molecule has 0 radical (unpaired) electrons. The Bertz CT molecular complexity index is 393. The fourth-order valence-electron chi connectivity index (χ4n) is 2.66. The van der Waals surface area contributed by atoms with Gasteiger partial charge >= 0.3 is 12.2 Å². The molecule has 120 valence electrons. The lowest BCUT2D eigenvalue weighted by atomic mass is 9.96. The van der Waals surface area contributed by atoms with E-state index in [4.69, 9.17) is 9.84 Å². The SMILES string of the molecule is CC(C)(C)OC(=O)N(CC1CCN(C(=O)O)CC1)C1CC1. The smallest absolute Gasteiger partial charge is 0.410 e. The molecule has 0 bridgehead atoms. The van der Waals surface area contributed by atoms with Crippen molar-refractivity contribution in [1.82, 2.24) is 9.80 Å². The van der Waals surface area contributed by atoms with E-state index in [1.807, 2.05) is 25.7 Å². The molecule has 2 fully saturated rings. The highest BCUT2D eigenvalue weighted by atomic mass is 16.6. The van der Waals surface area contributed by atoms with Gasteiger partial charge in [0.2, 0.25) is 0 Å². The van der Waals surface area contributed by atoms with Gasteiger partial charge in [-0.1, -0.05) is 0 Å². The topological polar surface area (TPSA) is 70.1 Å². The zero-order chi connectivity index (χ0) is 15.6. The second kappa shape index (κ2) is 6.12. The minimum absolute atomic E-state index is 0.231. The van der Waals surface area contributed by atoms with Crippen LogP contribution in [0.5, 0.6) is 0 Å². The predicted octanol–water partition coefficient (Wildman–Crippen LogP) is 2.78. The van der Waals surface area contributed by atoms with E-state index in [2.05, 4.69) is 0 Å². The van der Waals surface area contributed by atoms with Crippen molar-refractivity contribution in [1.29, 1.82) is 0 Å². The number of hydrogen-bond donors (Lipinski definition) is 1. The summed E-state index contributed by atoms with van der Waals surface area (Å²) in [4.78, 5) is 26.5. The first-order chi connectivity index (χ1) is 9.76. The standard InChI is InChI=1S/C15H26N2O4/c1-15(2,3)21-14(20)17(12-4-5-12)10-11-6-8-16(9-7-11)13(18)19/h11-12H,4-10H2,1-3H3,(H,18,19). The van der Waals surface area contributed by atoms with Crippen LogP contribution in [0.1, 0.15) is 46.5 Å². The average molecular weight is 298 g/mol. The number of ether oxygens (including phenoxy) is 1. The van der Waals surface area contributed by atoms with E-state index in [0.717, 1.165) is 25.7 Å². The molecule has 0 aromatic heterocycles. The molecule has 0 aromatic rings.